The minimum atomic E-state index is 0.278. The molecule has 0 radical (unpaired) electrons. The minimum absolute atomic E-state index is 0.278. The van der Waals surface area contributed by atoms with Gasteiger partial charge in [-0.1, -0.05) is 44.6 Å². The normalized spacial score (nSPS) is 18.4. The molecule has 0 aromatic heterocycles. The predicted molar refractivity (Wildman–Crippen MR) is 92.7 cm³/mol. The van der Waals surface area contributed by atoms with Crippen molar-refractivity contribution in [3.8, 4) is 11.5 Å². The summed E-state index contributed by atoms with van der Waals surface area (Å²) in [4.78, 5) is 0. The topological polar surface area (TPSA) is 18.5 Å². The molecule has 1 aliphatic rings. The molecule has 0 fully saturated rings. The molecule has 1 aromatic rings. The molecule has 0 amide bonds. The van der Waals surface area contributed by atoms with Crippen molar-refractivity contribution in [2.75, 3.05) is 6.61 Å². The van der Waals surface area contributed by atoms with Crippen LogP contribution in [0.5, 0.6) is 11.5 Å². The molecule has 2 rings (SSSR count). The van der Waals surface area contributed by atoms with Crippen molar-refractivity contribution >= 4 is 0 Å². The molecule has 1 aliphatic heterocycles. The molecule has 0 spiro atoms. The highest BCUT2D eigenvalue weighted by Gasteiger charge is 2.18. The highest BCUT2D eigenvalue weighted by Crippen LogP contribution is 2.32. The second-order valence-corrected chi connectivity index (χ2v) is 7.33. The summed E-state index contributed by atoms with van der Waals surface area (Å²) in [6, 6.07) is 6.13. The second kappa shape index (κ2) is 7.04. The number of hydrogen-bond donors (Lipinski definition) is 0. The summed E-state index contributed by atoms with van der Waals surface area (Å²) >= 11 is 0. The van der Waals surface area contributed by atoms with Crippen molar-refractivity contribution in [3.63, 3.8) is 0 Å². The fourth-order valence-electron chi connectivity index (χ4n) is 2.41. The number of allylic oxidation sites excluding steroid dienone is 3. The van der Waals surface area contributed by atoms with Gasteiger partial charge >= 0.3 is 0 Å². The maximum absolute atomic E-state index is 5.79. The summed E-state index contributed by atoms with van der Waals surface area (Å²) in [5.41, 5.74) is 2.85. The first kappa shape index (κ1) is 16.7. The number of benzene rings is 1. The van der Waals surface area contributed by atoms with Gasteiger partial charge in [0.15, 0.2) is 0 Å². The van der Waals surface area contributed by atoms with Crippen LogP contribution in [0.4, 0.5) is 0 Å². The van der Waals surface area contributed by atoms with E-state index in [2.05, 4.69) is 58.9 Å². The lowest BCUT2D eigenvalue weighted by Gasteiger charge is -2.14. The monoisotopic (exact) mass is 300 g/mol. The number of ether oxygens (including phenoxy) is 2. The van der Waals surface area contributed by atoms with Crippen LogP contribution in [0, 0.1) is 5.41 Å². The molecule has 0 aliphatic carbocycles. The lowest BCUT2D eigenvalue weighted by atomic mass is 9.92. The van der Waals surface area contributed by atoms with E-state index in [0.717, 1.165) is 24.3 Å². The average molecular weight is 300 g/mol. The molecule has 0 saturated heterocycles. The van der Waals surface area contributed by atoms with Crippen LogP contribution in [0.25, 0.3) is 0 Å². The zero-order chi connectivity index (χ0) is 16.2. The highest BCUT2D eigenvalue weighted by molar-refractivity contribution is 5.43. The SMILES string of the molecule is CC(C=CCC(C)(C)C)=CCOc1ccc2c(c1)OC(C)C2. The van der Waals surface area contributed by atoms with E-state index in [0.29, 0.717) is 12.0 Å². The molecular formula is C20H28O2. The molecule has 2 nitrogen and oxygen atoms in total. The second-order valence-electron chi connectivity index (χ2n) is 7.33. The number of hydrogen-bond acceptors (Lipinski definition) is 2. The van der Waals surface area contributed by atoms with Crippen LogP contribution in [0.1, 0.15) is 46.6 Å². The molecular weight excluding hydrogens is 272 g/mol. The first-order valence-corrected chi connectivity index (χ1v) is 8.09. The first-order valence-electron chi connectivity index (χ1n) is 8.09. The van der Waals surface area contributed by atoms with Crippen molar-refractivity contribution in [2.24, 2.45) is 5.41 Å². The van der Waals surface area contributed by atoms with E-state index < -0.39 is 0 Å². The van der Waals surface area contributed by atoms with Gasteiger partial charge in [0.2, 0.25) is 0 Å². The molecule has 1 heterocycles. The Balaban J connectivity index is 1.83. The molecule has 0 saturated carbocycles. The van der Waals surface area contributed by atoms with Crippen molar-refractivity contribution in [1.82, 2.24) is 0 Å². The standard InChI is InChI=1S/C20H28O2/c1-15(7-6-11-20(3,4)5)10-12-21-18-9-8-17-13-16(2)22-19(17)14-18/h6-10,14,16H,11-13H2,1-5H3. The molecule has 1 aromatic carbocycles. The van der Waals surface area contributed by atoms with Gasteiger partial charge in [-0.3, -0.25) is 0 Å². The average Bonchev–Trinajstić information content (AvgIpc) is 2.76. The van der Waals surface area contributed by atoms with Crippen LogP contribution in [-0.4, -0.2) is 12.7 Å². The van der Waals surface area contributed by atoms with Gasteiger partial charge in [-0.15, -0.1) is 0 Å². The minimum Gasteiger partial charge on any atom is -0.490 e. The molecule has 22 heavy (non-hydrogen) atoms. The molecule has 120 valence electrons. The Labute approximate surface area is 134 Å². The molecule has 0 bridgehead atoms. The highest BCUT2D eigenvalue weighted by atomic mass is 16.5. The lowest BCUT2D eigenvalue weighted by Crippen LogP contribution is -2.05. The van der Waals surface area contributed by atoms with E-state index in [1.165, 1.54) is 11.1 Å². The van der Waals surface area contributed by atoms with Crippen LogP contribution < -0.4 is 9.47 Å². The quantitative estimate of drug-likeness (QED) is 0.684. The maximum atomic E-state index is 5.79. The third-order valence-corrected chi connectivity index (χ3v) is 3.64. The van der Waals surface area contributed by atoms with Gasteiger partial charge in [0.25, 0.3) is 0 Å². The van der Waals surface area contributed by atoms with Crippen molar-refractivity contribution < 1.29 is 9.47 Å². The largest absolute Gasteiger partial charge is 0.490 e. The Morgan fingerprint density at radius 1 is 1.36 bits per heavy atom. The van der Waals surface area contributed by atoms with Crippen LogP contribution in [-0.2, 0) is 6.42 Å². The van der Waals surface area contributed by atoms with E-state index in [9.17, 15) is 0 Å². The fourth-order valence-corrected chi connectivity index (χ4v) is 2.41. The van der Waals surface area contributed by atoms with Crippen LogP contribution in [0.15, 0.2) is 42.0 Å². The van der Waals surface area contributed by atoms with Gasteiger partial charge in [0.05, 0.1) is 0 Å². The summed E-state index contributed by atoms with van der Waals surface area (Å²) in [6.45, 7) is 11.5. The summed E-state index contributed by atoms with van der Waals surface area (Å²) in [7, 11) is 0. The summed E-state index contributed by atoms with van der Waals surface area (Å²) in [6.07, 6.45) is 8.86. The van der Waals surface area contributed by atoms with Crippen LogP contribution in [0.2, 0.25) is 0 Å². The van der Waals surface area contributed by atoms with Gasteiger partial charge in [0, 0.05) is 12.5 Å². The van der Waals surface area contributed by atoms with Crippen molar-refractivity contribution in [2.45, 2.75) is 53.6 Å². The van der Waals surface area contributed by atoms with E-state index in [1.807, 2.05) is 12.1 Å². The van der Waals surface area contributed by atoms with Crippen LogP contribution >= 0.6 is 0 Å². The Morgan fingerprint density at radius 3 is 2.86 bits per heavy atom. The maximum Gasteiger partial charge on any atom is 0.126 e. The molecule has 2 heteroatoms. The van der Waals surface area contributed by atoms with Crippen molar-refractivity contribution in [1.29, 1.82) is 0 Å². The Morgan fingerprint density at radius 2 is 2.14 bits per heavy atom. The van der Waals surface area contributed by atoms with Gasteiger partial charge in [-0.2, -0.15) is 0 Å². The third-order valence-electron chi connectivity index (χ3n) is 3.64. The van der Waals surface area contributed by atoms with Gasteiger partial charge in [0.1, 0.15) is 24.2 Å². The summed E-state index contributed by atoms with van der Waals surface area (Å²) in [5.74, 6) is 1.84. The fraction of sp³-hybridized carbons (Fsp3) is 0.500. The zero-order valence-electron chi connectivity index (χ0n) is 14.5. The van der Waals surface area contributed by atoms with E-state index in [4.69, 9.17) is 9.47 Å². The molecule has 1 unspecified atom stereocenters. The first-order chi connectivity index (χ1) is 10.3. The predicted octanol–water partition coefficient (Wildman–Crippen LogP) is 5.33. The molecule has 1 atom stereocenters. The third kappa shape index (κ3) is 5.25. The number of rotatable bonds is 5. The van der Waals surface area contributed by atoms with Gasteiger partial charge in [-0.25, -0.2) is 0 Å². The Hall–Kier alpha value is -1.70. The zero-order valence-corrected chi connectivity index (χ0v) is 14.5. The van der Waals surface area contributed by atoms with Crippen LogP contribution in [0.3, 0.4) is 0 Å². The van der Waals surface area contributed by atoms with E-state index in [-0.39, 0.29) is 6.10 Å². The summed E-state index contributed by atoms with van der Waals surface area (Å²) in [5, 5.41) is 0. The number of fused-ring (bicyclic) bond motifs is 1. The van der Waals surface area contributed by atoms with Crippen molar-refractivity contribution in [3.05, 3.63) is 47.6 Å². The summed E-state index contributed by atoms with van der Waals surface area (Å²) < 4.78 is 11.5. The Kier molecular flexibility index (Phi) is 5.33. The van der Waals surface area contributed by atoms with E-state index >= 15 is 0 Å². The van der Waals surface area contributed by atoms with Gasteiger partial charge in [-0.05, 0) is 43.4 Å². The van der Waals surface area contributed by atoms with E-state index in [1.54, 1.807) is 0 Å². The lowest BCUT2D eigenvalue weighted by molar-refractivity contribution is 0.253. The smallest absolute Gasteiger partial charge is 0.126 e. The molecule has 0 N–H and O–H groups in total. The Bertz CT molecular complexity index is 562. The van der Waals surface area contributed by atoms with Gasteiger partial charge < -0.3 is 9.47 Å².